The molecule has 0 fully saturated rings. The lowest BCUT2D eigenvalue weighted by Gasteiger charge is -2.33. The molecule has 1 aliphatic carbocycles. The third kappa shape index (κ3) is 1.45. The van der Waals surface area contributed by atoms with Crippen molar-refractivity contribution in [1.82, 2.24) is 5.32 Å². The lowest BCUT2D eigenvalue weighted by molar-refractivity contribution is 0.0917. The van der Waals surface area contributed by atoms with Crippen LogP contribution in [-0.4, -0.2) is 11.9 Å². The van der Waals surface area contributed by atoms with Crippen LogP contribution < -0.4 is 10.9 Å². The summed E-state index contributed by atoms with van der Waals surface area (Å²) in [6.45, 7) is 3.71. The van der Waals surface area contributed by atoms with Gasteiger partial charge in [0.05, 0.1) is 17.5 Å². The van der Waals surface area contributed by atoms with Crippen LogP contribution in [0, 0.1) is 6.92 Å². The van der Waals surface area contributed by atoms with Crippen LogP contribution in [0.5, 0.6) is 0 Å². The first-order valence-electron chi connectivity index (χ1n) is 5.88. The van der Waals surface area contributed by atoms with Gasteiger partial charge in [0.2, 0.25) is 0 Å². The molecule has 2 heterocycles. The average Bonchev–Trinajstić information content (AvgIpc) is 2.30. The Morgan fingerprint density at radius 1 is 1.28 bits per heavy atom. The summed E-state index contributed by atoms with van der Waals surface area (Å²) in [5.74, 6) is 0.225. The fourth-order valence-corrected chi connectivity index (χ4v) is 2.64. The maximum absolute atomic E-state index is 12.1. The first-order valence-corrected chi connectivity index (χ1v) is 5.88. The van der Waals surface area contributed by atoms with Gasteiger partial charge in [0, 0.05) is 6.07 Å². The van der Waals surface area contributed by atoms with E-state index in [4.69, 9.17) is 4.42 Å². The van der Waals surface area contributed by atoms with Crippen molar-refractivity contribution in [3.8, 4) is 0 Å². The number of hydrogen-bond donors (Lipinski definition) is 1. The monoisotopic (exact) mass is 243 g/mol. The molecule has 0 spiro atoms. The lowest BCUT2D eigenvalue weighted by atomic mass is 9.82. The summed E-state index contributed by atoms with van der Waals surface area (Å²) in [4.78, 5) is 23.6. The maximum atomic E-state index is 12.1. The fourth-order valence-electron chi connectivity index (χ4n) is 2.64. The SMILES string of the molecule is CC1=CC=CC2c3oc(=O)cc(C)c3C(=O)NC12. The number of amides is 1. The zero-order valence-corrected chi connectivity index (χ0v) is 10.2. The Hall–Kier alpha value is -2.10. The van der Waals surface area contributed by atoms with Crippen LogP contribution in [0.4, 0.5) is 0 Å². The molecule has 18 heavy (non-hydrogen) atoms. The minimum atomic E-state index is -0.402. The Bertz CT molecular complexity index is 651. The number of carbonyl (C=O) groups is 1. The molecule has 1 aromatic heterocycles. The van der Waals surface area contributed by atoms with E-state index in [-0.39, 0.29) is 17.9 Å². The molecule has 3 rings (SSSR count). The molecule has 0 saturated heterocycles. The predicted molar refractivity (Wildman–Crippen MR) is 66.6 cm³/mol. The summed E-state index contributed by atoms with van der Waals surface area (Å²) >= 11 is 0. The van der Waals surface area contributed by atoms with Crippen LogP contribution in [0.3, 0.4) is 0 Å². The van der Waals surface area contributed by atoms with E-state index in [0.717, 1.165) is 5.57 Å². The maximum Gasteiger partial charge on any atom is 0.336 e. The summed E-state index contributed by atoms with van der Waals surface area (Å²) in [5.41, 5.74) is 1.82. The Labute approximate surface area is 104 Å². The van der Waals surface area contributed by atoms with Gasteiger partial charge < -0.3 is 9.73 Å². The van der Waals surface area contributed by atoms with E-state index in [1.54, 1.807) is 6.92 Å². The van der Waals surface area contributed by atoms with Crippen molar-refractivity contribution < 1.29 is 9.21 Å². The molecule has 1 amide bonds. The highest BCUT2D eigenvalue weighted by Crippen LogP contribution is 2.34. The van der Waals surface area contributed by atoms with Crippen LogP contribution in [0.1, 0.15) is 34.5 Å². The van der Waals surface area contributed by atoms with E-state index < -0.39 is 5.63 Å². The Morgan fingerprint density at radius 2 is 2.06 bits per heavy atom. The highest BCUT2D eigenvalue weighted by molar-refractivity contribution is 5.98. The second kappa shape index (κ2) is 3.70. The normalized spacial score (nSPS) is 25.0. The van der Waals surface area contributed by atoms with Gasteiger partial charge in [-0.15, -0.1) is 0 Å². The average molecular weight is 243 g/mol. The van der Waals surface area contributed by atoms with Crippen LogP contribution in [0.15, 0.2) is 39.1 Å². The molecule has 2 unspecified atom stereocenters. The Morgan fingerprint density at radius 3 is 2.83 bits per heavy atom. The number of allylic oxidation sites excluding steroid dienone is 2. The van der Waals surface area contributed by atoms with E-state index in [1.807, 2.05) is 25.2 Å². The molecule has 92 valence electrons. The van der Waals surface area contributed by atoms with E-state index in [2.05, 4.69) is 5.32 Å². The van der Waals surface area contributed by atoms with Crippen molar-refractivity contribution in [1.29, 1.82) is 0 Å². The van der Waals surface area contributed by atoms with Crippen molar-refractivity contribution in [2.24, 2.45) is 0 Å². The molecule has 0 saturated carbocycles. The third-order valence-corrected chi connectivity index (χ3v) is 3.53. The Kier molecular flexibility index (Phi) is 2.26. The van der Waals surface area contributed by atoms with Gasteiger partial charge in [-0.25, -0.2) is 4.79 Å². The van der Waals surface area contributed by atoms with Gasteiger partial charge in [0.1, 0.15) is 5.76 Å². The number of hydrogen-bond acceptors (Lipinski definition) is 3. The minimum Gasteiger partial charge on any atom is -0.426 e. The summed E-state index contributed by atoms with van der Waals surface area (Å²) in [7, 11) is 0. The molecule has 2 aliphatic rings. The summed E-state index contributed by atoms with van der Waals surface area (Å²) in [6, 6.07) is 1.24. The van der Waals surface area contributed by atoms with Crippen LogP contribution in [0.25, 0.3) is 0 Å². The molecule has 0 radical (unpaired) electrons. The highest BCUT2D eigenvalue weighted by atomic mass is 16.4. The largest absolute Gasteiger partial charge is 0.426 e. The van der Waals surface area contributed by atoms with Gasteiger partial charge in [0.15, 0.2) is 0 Å². The standard InChI is InChI=1S/C14H13NO3/c1-7-4-3-5-9-12(7)15-14(17)11-8(2)6-10(16)18-13(9)11/h3-6,9,12H,1-2H3,(H,15,17). The first kappa shape index (κ1) is 11.0. The topological polar surface area (TPSA) is 59.3 Å². The van der Waals surface area contributed by atoms with E-state index in [0.29, 0.717) is 16.9 Å². The van der Waals surface area contributed by atoms with E-state index in [1.165, 1.54) is 6.07 Å². The van der Waals surface area contributed by atoms with Crippen LogP contribution in [0.2, 0.25) is 0 Å². The van der Waals surface area contributed by atoms with Gasteiger partial charge in [-0.05, 0) is 19.4 Å². The molecule has 0 aromatic carbocycles. The number of nitrogens with one attached hydrogen (secondary N) is 1. The molecule has 1 aliphatic heterocycles. The lowest BCUT2D eigenvalue weighted by Crippen LogP contribution is -2.46. The highest BCUT2D eigenvalue weighted by Gasteiger charge is 2.37. The van der Waals surface area contributed by atoms with Gasteiger partial charge in [0.25, 0.3) is 5.91 Å². The second-order valence-corrected chi connectivity index (χ2v) is 4.76. The fraction of sp³-hybridized carbons (Fsp3) is 0.286. The predicted octanol–water partition coefficient (Wildman–Crippen LogP) is 1.66. The molecule has 1 aromatic rings. The number of rotatable bonds is 0. The van der Waals surface area contributed by atoms with Crippen LogP contribution in [-0.2, 0) is 0 Å². The van der Waals surface area contributed by atoms with Crippen molar-refractivity contribution in [3.05, 3.63) is 57.2 Å². The zero-order chi connectivity index (χ0) is 12.9. The number of aryl methyl sites for hydroxylation is 1. The van der Waals surface area contributed by atoms with Crippen molar-refractivity contribution in [2.45, 2.75) is 25.8 Å². The molecule has 4 heteroatoms. The van der Waals surface area contributed by atoms with Crippen molar-refractivity contribution in [3.63, 3.8) is 0 Å². The molecular weight excluding hydrogens is 230 g/mol. The van der Waals surface area contributed by atoms with E-state index in [9.17, 15) is 9.59 Å². The third-order valence-electron chi connectivity index (χ3n) is 3.53. The quantitative estimate of drug-likeness (QED) is 0.753. The zero-order valence-electron chi connectivity index (χ0n) is 10.2. The smallest absolute Gasteiger partial charge is 0.336 e. The summed E-state index contributed by atoms with van der Waals surface area (Å²) < 4.78 is 5.27. The van der Waals surface area contributed by atoms with Gasteiger partial charge in [-0.3, -0.25) is 4.79 Å². The molecule has 4 nitrogen and oxygen atoms in total. The van der Waals surface area contributed by atoms with Crippen LogP contribution >= 0.6 is 0 Å². The van der Waals surface area contributed by atoms with Gasteiger partial charge in [-0.1, -0.05) is 23.8 Å². The van der Waals surface area contributed by atoms with Crippen molar-refractivity contribution in [2.75, 3.05) is 0 Å². The number of fused-ring (bicyclic) bond motifs is 3. The van der Waals surface area contributed by atoms with Gasteiger partial charge >= 0.3 is 5.63 Å². The molecule has 1 N–H and O–H groups in total. The minimum absolute atomic E-state index is 0.0877. The first-order chi connectivity index (χ1) is 8.58. The summed E-state index contributed by atoms with van der Waals surface area (Å²) in [6.07, 6.45) is 5.85. The van der Waals surface area contributed by atoms with Crippen molar-refractivity contribution >= 4 is 5.91 Å². The summed E-state index contributed by atoms with van der Waals surface area (Å²) in [5, 5.41) is 2.96. The van der Waals surface area contributed by atoms with Gasteiger partial charge in [-0.2, -0.15) is 0 Å². The van der Waals surface area contributed by atoms with E-state index >= 15 is 0 Å². The molecule has 0 bridgehead atoms. The Balaban J connectivity index is 2.25. The number of carbonyl (C=O) groups excluding carboxylic acids is 1. The molecule has 2 atom stereocenters. The second-order valence-electron chi connectivity index (χ2n) is 4.76. The molecular formula is C14H13NO3.